The second-order valence-electron chi connectivity index (χ2n) is 4.65. The van der Waals surface area contributed by atoms with Gasteiger partial charge in [0.1, 0.15) is 0 Å². The molecule has 0 unspecified atom stereocenters. The summed E-state index contributed by atoms with van der Waals surface area (Å²) in [4.78, 5) is 24.4. The van der Waals surface area contributed by atoms with Crippen LogP contribution in [-0.2, 0) is 4.74 Å². The first kappa shape index (κ1) is 14.9. The number of amides is 1. The topological polar surface area (TPSA) is 72.7 Å². The Morgan fingerprint density at radius 3 is 2.65 bits per heavy atom. The number of nitro benzene ring substituents is 1. The summed E-state index contributed by atoms with van der Waals surface area (Å²) < 4.78 is 5.83. The zero-order valence-corrected chi connectivity index (χ0v) is 12.6. The normalized spacial score (nSPS) is 16.2. The molecular weight excluding hydrogens is 328 g/mol. The number of hydrogen-bond donors (Lipinski definition) is 0. The molecule has 0 atom stereocenters. The third kappa shape index (κ3) is 3.16. The maximum Gasteiger partial charge on any atom is 0.270 e. The molecule has 1 heterocycles. The number of likely N-dealkylation sites (tertiary alicyclic amines) is 1. The standard InChI is InChI=1S/C13H15BrN2O4/c1-20-10-4-6-15(7-5-10)13(17)11-8-9(16(18)19)2-3-12(11)14/h2-3,8,10H,4-7H2,1H3. The van der Waals surface area contributed by atoms with Gasteiger partial charge in [-0.3, -0.25) is 14.9 Å². The number of carbonyl (C=O) groups is 1. The van der Waals surface area contributed by atoms with Gasteiger partial charge < -0.3 is 9.64 Å². The van der Waals surface area contributed by atoms with E-state index < -0.39 is 4.92 Å². The van der Waals surface area contributed by atoms with Crippen LogP contribution in [0.4, 0.5) is 5.69 Å². The number of methoxy groups -OCH3 is 1. The third-order valence-electron chi connectivity index (χ3n) is 3.45. The number of non-ortho nitro benzene ring substituents is 1. The Balaban J connectivity index is 2.17. The van der Waals surface area contributed by atoms with Gasteiger partial charge in [0.25, 0.3) is 11.6 Å². The van der Waals surface area contributed by atoms with Crippen LogP contribution >= 0.6 is 15.9 Å². The fourth-order valence-electron chi connectivity index (χ4n) is 2.26. The molecule has 1 aliphatic rings. The Labute approximate surface area is 125 Å². The van der Waals surface area contributed by atoms with E-state index in [4.69, 9.17) is 4.74 Å². The molecule has 108 valence electrons. The molecule has 20 heavy (non-hydrogen) atoms. The summed E-state index contributed by atoms with van der Waals surface area (Å²) >= 11 is 3.28. The van der Waals surface area contributed by atoms with Gasteiger partial charge in [-0.1, -0.05) is 0 Å². The van der Waals surface area contributed by atoms with Gasteiger partial charge in [0.15, 0.2) is 0 Å². The largest absolute Gasteiger partial charge is 0.381 e. The van der Waals surface area contributed by atoms with E-state index in [0.717, 1.165) is 12.8 Å². The molecule has 1 aliphatic heterocycles. The van der Waals surface area contributed by atoms with E-state index in [2.05, 4.69) is 15.9 Å². The van der Waals surface area contributed by atoms with E-state index in [9.17, 15) is 14.9 Å². The van der Waals surface area contributed by atoms with E-state index in [-0.39, 0.29) is 17.7 Å². The van der Waals surface area contributed by atoms with Crippen LogP contribution in [-0.4, -0.2) is 42.0 Å². The number of nitrogens with zero attached hydrogens (tertiary/aromatic N) is 2. The summed E-state index contributed by atoms with van der Waals surface area (Å²) in [5, 5.41) is 10.8. The quantitative estimate of drug-likeness (QED) is 0.625. The van der Waals surface area contributed by atoms with Gasteiger partial charge in [-0.2, -0.15) is 0 Å². The molecule has 1 aromatic carbocycles. The first-order valence-electron chi connectivity index (χ1n) is 6.29. The summed E-state index contributed by atoms with van der Waals surface area (Å²) in [6.07, 6.45) is 1.76. The minimum atomic E-state index is -0.500. The fraction of sp³-hybridized carbons (Fsp3) is 0.462. The van der Waals surface area contributed by atoms with E-state index in [0.29, 0.717) is 23.1 Å². The minimum absolute atomic E-state index is 0.0803. The maximum absolute atomic E-state index is 12.4. The Hall–Kier alpha value is -1.47. The van der Waals surface area contributed by atoms with Crippen molar-refractivity contribution < 1.29 is 14.5 Å². The van der Waals surface area contributed by atoms with Crippen molar-refractivity contribution in [2.45, 2.75) is 18.9 Å². The average molecular weight is 343 g/mol. The first-order valence-corrected chi connectivity index (χ1v) is 7.08. The van der Waals surface area contributed by atoms with Crippen LogP contribution < -0.4 is 0 Å². The smallest absolute Gasteiger partial charge is 0.270 e. The molecule has 0 bridgehead atoms. The van der Waals surface area contributed by atoms with Crippen LogP contribution in [0.25, 0.3) is 0 Å². The molecule has 0 saturated carbocycles. The highest BCUT2D eigenvalue weighted by molar-refractivity contribution is 9.10. The number of benzene rings is 1. The van der Waals surface area contributed by atoms with Crippen molar-refractivity contribution in [1.82, 2.24) is 4.90 Å². The number of carbonyl (C=O) groups excluding carboxylic acids is 1. The second kappa shape index (κ2) is 6.32. The number of halogens is 1. The molecule has 2 rings (SSSR count). The molecule has 0 aliphatic carbocycles. The predicted octanol–water partition coefficient (Wildman–Crippen LogP) is 2.61. The first-order chi connectivity index (χ1) is 9.52. The van der Waals surface area contributed by atoms with Crippen LogP contribution in [0.1, 0.15) is 23.2 Å². The molecule has 0 N–H and O–H groups in total. The third-order valence-corrected chi connectivity index (χ3v) is 4.15. The molecule has 1 fully saturated rings. The van der Waals surface area contributed by atoms with Crippen molar-refractivity contribution in [2.24, 2.45) is 0 Å². The van der Waals surface area contributed by atoms with Crippen molar-refractivity contribution >= 4 is 27.5 Å². The fourth-order valence-corrected chi connectivity index (χ4v) is 2.67. The van der Waals surface area contributed by atoms with Gasteiger partial charge in [-0.05, 0) is 34.8 Å². The van der Waals surface area contributed by atoms with Crippen molar-refractivity contribution in [3.05, 3.63) is 38.3 Å². The van der Waals surface area contributed by atoms with E-state index in [1.165, 1.54) is 18.2 Å². The lowest BCUT2D eigenvalue weighted by atomic mass is 10.1. The monoisotopic (exact) mass is 342 g/mol. The lowest BCUT2D eigenvalue weighted by Gasteiger charge is -2.31. The molecular formula is C13H15BrN2O4. The van der Waals surface area contributed by atoms with Gasteiger partial charge in [-0.25, -0.2) is 0 Å². The Bertz CT molecular complexity index is 527. The SMILES string of the molecule is COC1CCN(C(=O)c2cc([N+](=O)[O-])ccc2Br)CC1. The molecule has 0 aromatic heterocycles. The van der Waals surface area contributed by atoms with Gasteiger partial charge >= 0.3 is 0 Å². The Morgan fingerprint density at radius 1 is 1.45 bits per heavy atom. The number of hydrogen-bond acceptors (Lipinski definition) is 4. The molecule has 0 spiro atoms. The zero-order valence-electron chi connectivity index (χ0n) is 11.0. The van der Waals surface area contributed by atoms with Crippen LogP contribution in [0, 0.1) is 10.1 Å². The summed E-state index contributed by atoms with van der Waals surface area (Å²) in [6.45, 7) is 1.21. The highest BCUT2D eigenvalue weighted by Crippen LogP contribution is 2.25. The average Bonchev–Trinajstić information content (AvgIpc) is 2.47. The molecule has 1 saturated heterocycles. The number of ether oxygens (including phenoxy) is 1. The number of piperidine rings is 1. The summed E-state index contributed by atoms with van der Waals surface area (Å²) in [5.74, 6) is -0.185. The molecule has 6 nitrogen and oxygen atoms in total. The van der Waals surface area contributed by atoms with Gasteiger partial charge in [0, 0.05) is 36.8 Å². The second-order valence-corrected chi connectivity index (χ2v) is 5.50. The Kier molecular flexibility index (Phi) is 4.72. The van der Waals surface area contributed by atoms with Crippen LogP contribution in [0.3, 0.4) is 0 Å². The zero-order chi connectivity index (χ0) is 14.7. The summed E-state index contributed by atoms with van der Waals surface area (Å²) in [5.41, 5.74) is 0.249. The van der Waals surface area contributed by atoms with Crippen LogP contribution in [0.2, 0.25) is 0 Å². The maximum atomic E-state index is 12.4. The summed E-state index contributed by atoms with van der Waals surface area (Å²) in [7, 11) is 1.67. The highest BCUT2D eigenvalue weighted by atomic mass is 79.9. The van der Waals surface area contributed by atoms with E-state index >= 15 is 0 Å². The van der Waals surface area contributed by atoms with Crippen molar-refractivity contribution in [3.63, 3.8) is 0 Å². The molecule has 0 radical (unpaired) electrons. The number of nitro groups is 1. The van der Waals surface area contributed by atoms with E-state index in [1.807, 2.05) is 0 Å². The van der Waals surface area contributed by atoms with Crippen molar-refractivity contribution in [1.29, 1.82) is 0 Å². The highest BCUT2D eigenvalue weighted by Gasteiger charge is 2.25. The molecule has 7 heteroatoms. The van der Waals surface area contributed by atoms with Crippen molar-refractivity contribution in [2.75, 3.05) is 20.2 Å². The summed E-state index contributed by atoms with van der Waals surface area (Å²) in [6, 6.07) is 4.22. The van der Waals surface area contributed by atoms with Crippen molar-refractivity contribution in [3.8, 4) is 0 Å². The molecule has 1 aromatic rings. The van der Waals surface area contributed by atoms with Crippen LogP contribution in [0.15, 0.2) is 22.7 Å². The minimum Gasteiger partial charge on any atom is -0.381 e. The molecule has 1 amide bonds. The lowest BCUT2D eigenvalue weighted by molar-refractivity contribution is -0.384. The predicted molar refractivity (Wildman–Crippen MR) is 76.7 cm³/mol. The van der Waals surface area contributed by atoms with Crippen LogP contribution in [0.5, 0.6) is 0 Å². The van der Waals surface area contributed by atoms with Gasteiger partial charge in [0.2, 0.25) is 0 Å². The lowest BCUT2D eigenvalue weighted by Crippen LogP contribution is -2.40. The van der Waals surface area contributed by atoms with E-state index in [1.54, 1.807) is 12.0 Å². The Morgan fingerprint density at radius 2 is 2.10 bits per heavy atom. The van der Waals surface area contributed by atoms with Gasteiger partial charge in [0.05, 0.1) is 16.6 Å². The van der Waals surface area contributed by atoms with Gasteiger partial charge in [-0.15, -0.1) is 0 Å². The number of rotatable bonds is 3.